The number of carbonyl (C=O) groups is 2. The third-order valence-electron chi connectivity index (χ3n) is 5.16. The standard InChI is InChI=1S/C21H24N2O4/c1-14-10-17(19(24)23-9-5-7-21(23,3)20(25)26)11-15(2)18(14)27-13-16-6-4-8-22-12-16/h4,6,8,10-12H,5,7,9,13H2,1-3H3,(H,25,26). The maximum Gasteiger partial charge on any atom is 0.329 e. The Labute approximate surface area is 158 Å². The van der Waals surface area contributed by atoms with E-state index in [9.17, 15) is 14.7 Å². The van der Waals surface area contributed by atoms with Crippen LogP contribution < -0.4 is 4.74 Å². The van der Waals surface area contributed by atoms with Gasteiger partial charge < -0.3 is 14.7 Å². The minimum absolute atomic E-state index is 0.248. The Morgan fingerprint density at radius 3 is 2.59 bits per heavy atom. The van der Waals surface area contributed by atoms with Gasteiger partial charge in [-0.15, -0.1) is 0 Å². The van der Waals surface area contributed by atoms with Crippen LogP contribution in [0.4, 0.5) is 0 Å². The molecule has 1 saturated heterocycles. The van der Waals surface area contributed by atoms with Gasteiger partial charge in [0, 0.05) is 30.1 Å². The van der Waals surface area contributed by atoms with Crippen LogP contribution in [0.2, 0.25) is 0 Å². The highest BCUT2D eigenvalue weighted by atomic mass is 16.5. The SMILES string of the molecule is Cc1cc(C(=O)N2CCCC2(C)C(=O)O)cc(C)c1OCc1cccnc1. The molecule has 0 bridgehead atoms. The third-order valence-corrected chi connectivity index (χ3v) is 5.16. The van der Waals surface area contributed by atoms with Crippen molar-refractivity contribution in [2.24, 2.45) is 0 Å². The van der Waals surface area contributed by atoms with Crippen LogP contribution in [0.1, 0.15) is 46.8 Å². The summed E-state index contributed by atoms with van der Waals surface area (Å²) in [6, 6.07) is 7.34. The minimum Gasteiger partial charge on any atom is -0.488 e. The molecule has 0 spiro atoms. The number of aromatic nitrogens is 1. The number of rotatable bonds is 5. The highest BCUT2D eigenvalue weighted by molar-refractivity contribution is 5.98. The van der Waals surface area contributed by atoms with Gasteiger partial charge in [0.2, 0.25) is 0 Å². The molecule has 142 valence electrons. The average molecular weight is 368 g/mol. The molecular weight excluding hydrogens is 344 g/mol. The fourth-order valence-electron chi connectivity index (χ4n) is 3.61. The number of hydrogen-bond donors (Lipinski definition) is 1. The summed E-state index contributed by atoms with van der Waals surface area (Å²) in [6.45, 7) is 6.25. The summed E-state index contributed by atoms with van der Waals surface area (Å²) >= 11 is 0. The molecule has 0 aliphatic carbocycles. The molecule has 6 nitrogen and oxygen atoms in total. The van der Waals surface area contributed by atoms with Crippen LogP contribution in [0, 0.1) is 13.8 Å². The second-order valence-corrected chi connectivity index (χ2v) is 7.23. The normalized spacial score (nSPS) is 19.1. The first-order valence-corrected chi connectivity index (χ1v) is 9.01. The number of nitrogens with zero attached hydrogens (tertiary/aromatic N) is 2. The number of hydrogen-bond acceptors (Lipinski definition) is 4. The topological polar surface area (TPSA) is 79.7 Å². The summed E-state index contributed by atoms with van der Waals surface area (Å²) in [5, 5.41) is 9.55. The fourth-order valence-corrected chi connectivity index (χ4v) is 3.61. The minimum atomic E-state index is -1.14. The van der Waals surface area contributed by atoms with Gasteiger partial charge in [-0.05, 0) is 62.9 Å². The van der Waals surface area contributed by atoms with Crippen molar-refractivity contribution in [3.8, 4) is 5.75 Å². The molecule has 1 fully saturated rings. The summed E-state index contributed by atoms with van der Waals surface area (Å²) in [5.41, 5.74) is 2.00. The van der Waals surface area contributed by atoms with Crippen molar-refractivity contribution in [1.82, 2.24) is 9.88 Å². The summed E-state index contributed by atoms with van der Waals surface area (Å²) in [7, 11) is 0. The second-order valence-electron chi connectivity index (χ2n) is 7.23. The maximum atomic E-state index is 13.0. The van der Waals surface area contributed by atoms with Crippen molar-refractivity contribution in [2.75, 3.05) is 6.54 Å². The zero-order chi connectivity index (χ0) is 19.6. The first-order chi connectivity index (χ1) is 12.8. The molecule has 27 heavy (non-hydrogen) atoms. The van der Waals surface area contributed by atoms with E-state index in [1.54, 1.807) is 31.5 Å². The molecule has 6 heteroatoms. The van der Waals surface area contributed by atoms with Crippen LogP contribution in [0.25, 0.3) is 0 Å². The van der Waals surface area contributed by atoms with Crippen LogP contribution in [-0.4, -0.2) is 39.0 Å². The van der Waals surface area contributed by atoms with E-state index < -0.39 is 11.5 Å². The zero-order valence-corrected chi connectivity index (χ0v) is 15.9. The predicted molar refractivity (Wildman–Crippen MR) is 101 cm³/mol. The van der Waals surface area contributed by atoms with Crippen molar-refractivity contribution in [1.29, 1.82) is 0 Å². The van der Waals surface area contributed by atoms with Crippen molar-refractivity contribution < 1.29 is 19.4 Å². The van der Waals surface area contributed by atoms with Crippen LogP contribution in [0.15, 0.2) is 36.7 Å². The van der Waals surface area contributed by atoms with Gasteiger partial charge in [-0.1, -0.05) is 6.07 Å². The quantitative estimate of drug-likeness (QED) is 0.875. The number of benzene rings is 1. The van der Waals surface area contributed by atoms with E-state index >= 15 is 0 Å². The van der Waals surface area contributed by atoms with Gasteiger partial charge in [-0.3, -0.25) is 9.78 Å². The first kappa shape index (κ1) is 18.9. The van der Waals surface area contributed by atoms with Gasteiger partial charge in [0.15, 0.2) is 0 Å². The molecule has 2 heterocycles. The van der Waals surface area contributed by atoms with Crippen molar-refractivity contribution >= 4 is 11.9 Å². The van der Waals surface area contributed by atoms with E-state index in [0.29, 0.717) is 31.6 Å². The number of ether oxygens (including phenoxy) is 1. The highest BCUT2D eigenvalue weighted by Gasteiger charge is 2.46. The summed E-state index contributed by atoms with van der Waals surface area (Å²) < 4.78 is 5.93. The fraction of sp³-hybridized carbons (Fsp3) is 0.381. The van der Waals surface area contributed by atoms with Gasteiger partial charge >= 0.3 is 5.97 Å². The number of aliphatic carboxylic acids is 1. The van der Waals surface area contributed by atoms with E-state index in [-0.39, 0.29) is 5.91 Å². The van der Waals surface area contributed by atoms with Gasteiger partial charge in [-0.25, -0.2) is 4.79 Å². The molecule has 1 aromatic carbocycles. The van der Waals surface area contributed by atoms with E-state index in [0.717, 1.165) is 22.4 Å². The molecule has 0 radical (unpaired) electrons. The van der Waals surface area contributed by atoms with E-state index in [2.05, 4.69) is 4.98 Å². The lowest BCUT2D eigenvalue weighted by Crippen LogP contribution is -2.50. The Morgan fingerprint density at radius 2 is 2.00 bits per heavy atom. The second kappa shape index (κ2) is 7.39. The molecule has 1 atom stereocenters. The highest BCUT2D eigenvalue weighted by Crippen LogP contribution is 2.32. The van der Waals surface area contributed by atoms with Crippen LogP contribution >= 0.6 is 0 Å². The number of carboxylic acids is 1. The van der Waals surface area contributed by atoms with Crippen molar-refractivity contribution in [3.05, 3.63) is 58.9 Å². The lowest BCUT2D eigenvalue weighted by molar-refractivity contribution is -0.147. The molecule has 1 amide bonds. The molecule has 1 aliphatic heterocycles. The first-order valence-electron chi connectivity index (χ1n) is 9.01. The lowest BCUT2D eigenvalue weighted by atomic mass is 9.97. The number of amides is 1. The molecular formula is C21H24N2O4. The molecule has 1 unspecified atom stereocenters. The van der Waals surface area contributed by atoms with E-state index in [1.807, 2.05) is 26.0 Å². The largest absolute Gasteiger partial charge is 0.488 e. The van der Waals surface area contributed by atoms with Crippen molar-refractivity contribution in [2.45, 2.75) is 45.8 Å². The van der Waals surface area contributed by atoms with Crippen molar-refractivity contribution in [3.63, 3.8) is 0 Å². The average Bonchev–Trinajstić information content (AvgIpc) is 3.04. The number of likely N-dealkylation sites (tertiary alicyclic amines) is 1. The Bertz CT molecular complexity index is 843. The van der Waals surface area contributed by atoms with Crippen LogP contribution in [0.3, 0.4) is 0 Å². The molecule has 1 aliphatic rings. The lowest BCUT2D eigenvalue weighted by Gasteiger charge is -2.31. The molecule has 0 saturated carbocycles. The Kier molecular flexibility index (Phi) is 5.17. The number of aryl methyl sites for hydroxylation is 2. The molecule has 1 N–H and O–H groups in total. The van der Waals surface area contributed by atoms with E-state index in [1.165, 1.54) is 4.90 Å². The Morgan fingerprint density at radius 1 is 1.30 bits per heavy atom. The smallest absolute Gasteiger partial charge is 0.329 e. The zero-order valence-electron chi connectivity index (χ0n) is 15.9. The number of carbonyl (C=O) groups excluding carboxylic acids is 1. The van der Waals surface area contributed by atoms with Gasteiger partial charge in [0.05, 0.1) is 0 Å². The van der Waals surface area contributed by atoms with Gasteiger partial charge in [0.1, 0.15) is 17.9 Å². The van der Waals surface area contributed by atoms with Gasteiger partial charge in [0.25, 0.3) is 5.91 Å². The van der Waals surface area contributed by atoms with Gasteiger partial charge in [-0.2, -0.15) is 0 Å². The maximum absolute atomic E-state index is 13.0. The van der Waals surface area contributed by atoms with Crippen LogP contribution in [-0.2, 0) is 11.4 Å². The number of pyridine rings is 1. The molecule has 3 rings (SSSR count). The predicted octanol–water partition coefficient (Wildman–Crippen LogP) is 3.36. The Balaban J connectivity index is 1.82. The number of carboxylic acid groups (broad SMARTS) is 1. The summed E-state index contributed by atoms with van der Waals surface area (Å²) in [6.07, 6.45) is 4.63. The third kappa shape index (κ3) is 3.65. The van der Waals surface area contributed by atoms with E-state index in [4.69, 9.17) is 4.74 Å². The summed E-state index contributed by atoms with van der Waals surface area (Å²) in [4.78, 5) is 30.2. The summed E-state index contributed by atoms with van der Waals surface area (Å²) in [5.74, 6) is -0.474. The molecule has 1 aromatic heterocycles. The van der Waals surface area contributed by atoms with Crippen LogP contribution in [0.5, 0.6) is 5.75 Å². The molecule has 2 aromatic rings. The Hall–Kier alpha value is -2.89. The monoisotopic (exact) mass is 368 g/mol.